The van der Waals surface area contributed by atoms with Crippen LogP contribution in [0.5, 0.6) is 5.75 Å². The van der Waals surface area contributed by atoms with Gasteiger partial charge >= 0.3 is 0 Å². The molecular weight excluding hydrogens is 280 g/mol. The van der Waals surface area contributed by atoms with Crippen molar-refractivity contribution in [2.45, 2.75) is 12.8 Å². The Morgan fingerprint density at radius 2 is 2.05 bits per heavy atom. The molecule has 1 aromatic heterocycles. The molecule has 3 aromatic rings. The lowest BCUT2D eigenvalue weighted by atomic mass is 10.1. The first-order chi connectivity index (χ1) is 10.7. The van der Waals surface area contributed by atoms with E-state index in [-0.39, 0.29) is 5.91 Å². The van der Waals surface area contributed by atoms with Gasteiger partial charge < -0.3 is 14.5 Å². The van der Waals surface area contributed by atoms with Crippen molar-refractivity contribution >= 4 is 22.7 Å². The third-order valence-corrected chi connectivity index (χ3v) is 3.41. The lowest BCUT2D eigenvalue weighted by molar-refractivity contribution is -0.116. The van der Waals surface area contributed by atoms with Gasteiger partial charge in [-0.05, 0) is 36.2 Å². The minimum Gasteiger partial charge on any atom is -0.497 e. The summed E-state index contributed by atoms with van der Waals surface area (Å²) in [5.41, 5.74) is 3.25. The Kier molecular flexibility index (Phi) is 4.05. The first-order valence-corrected chi connectivity index (χ1v) is 7.00. The largest absolute Gasteiger partial charge is 0.497 e. The second kappa shape index (κ2) is 6.30. The fourth-order valence-electron chi connectivity index (χ4n) is 2.21. The molecule has 1 amide bonds. The molecule has 0 radical (unpaired) electrons. The van der Waals surface area contributed by atoms with Crippen molar-refractivity contribution in [2.24, 2.45) is 0 Å². The van der Waals surface area contributed by atoms with Crippen LogP contribution in [0.2, 0.25) is 0 Å². The van der Waals surface area contributed by atoms with Crippen molar-refractivity contribution < 1.29 is 13.9 Å². The van der Waals surface area contributed by atoms with Gasteiger partial charge in [-0.3, -0.25) is 4.79 Å². The van der Waals surface area contributed by atoms with Gasteiger partial charge in [0.05, 0.1) is 7.11 Å². The number of ether oxygens (including phenoxy) is 1. The monoisotopic (exact) mass is 296 g/mol. The van der Waals surface area contributed by atoms with E-state index in [1.807, 2.05) is 36.4 Å². The highest BCUT2D eigenvalue weighted by molar-refractivity contribution is 5.92. The molecule has 5 heteroatoms. The Morgan fingerprint density at radius 1 is 1.23 bits per heavy atom. The number of nitrogens with zero attached hydrogens (tertiary/aromatic N) is 1. The number of benzene rings is 2. The SMILES string of the molecule is COc1ccc(CCC(=O)Nc2ccc3ncoc3c2)cc1. The quantitative estimate of drug-likeness (QED) is 0.783. The van der Waals surface area contributed by atoms with E-state index in [1.54, 1.807) is 13.2 Å². The minimum atomic E-state index is -0.0327. The van der Waals surface area contributed by atoms with Crippen molar-refractivity contribution in [2.75, 3.05) is 12.4 Å². The van der Waals surface area contributed by atoms with Crippen molar-refractivity contribution in [3.05, 3.63) is 54.4 Å². The predicted octanol–water partition coefficient (Wildman–Crippen LogP) is 3.41. The zero-order chi connectivity index (χ0) is 15.4. The van der Waals surface area contributed by atoms with Crippen LogP contribution in [0, 0.1) is 0 Å². The molecule has 22 heavy (non-hydrogen) atoms. The van der Waals surface area contributed by atoms with Crippen LogP contribution in [0.25, 0.3) is 11.1 Å². The zero-order valence-corrected chi connectivity index (χ0v) is 12.2. The second-order valence-corrected chi connectivity index (χ2v) is 4.93. The summed E-state index contributed by atoms with van der Waals surface area (Å²) in [6.45, 7) is 0. The lowest BCUT2D eigenvalue weighted by Crippen LogP contribution is -2.12. The van der Waals surface area contributed by atoms with Gasteiger partial charge in [0.25, 0.3) is 0 Å². The molecule has 2 aromatic carbocycles. The first kappa shape index (κ1) is 14.1. The summed E-state index contributed by atoms with van der Waals surface area (Å²) < 4.78 is 10.3. The van der Waals surface area contributed by atoms with Gasteiger partial charge in [0.2, 0.25) is 5.91 Å². The van der Waals surface area contributed by atoms with Gasteiger partial charge in [0, 0.05) is 18.2 Å². The molecule has 5 nitrogen and oxygen atoms in total. The number of methoxy groups -OCH3 is 1. The average molecular weight is 296 g/mol. The van der Waals surface area contributed by atoms with Crippen LogP contribution in [0.1, 0.15) is 12.0 Å². The molecule has 0 unspecified atom stereocenters. The number of carbonyl (C=O) groups excluding carboxylic acids is 1. The van der Waals surface area contributed by atoms with E-state index < -0.39 is 0 Å². The molecule has 3 rings (SSSR count). The molecule has 112 valence electrons. The number of fused-ring (bicyclic) bond motifs is 1. The van der Waals surface area contributed by atoms with Crippen LogP contribution in [0.4, 0.5) is 5.69 Å². The van der Waals surface area contributed by atoms with Crippen molar-refractivity contribution in [3.8, 4) is 5.75 Å². The molecule has 0 aliphatic heterocycles. The highest BCUT2D eigenvalue weighted by Crippen LogP contribution is 2.18. The highest BCUT2D eigenvalue weighted by atomic mass is 16.5. The Hall–Kier alpha value is -2.82. The maximum atomic E-state index is 12.0. The molecular formula is C17H16N2O3. The molecule has 0 spiro atoms. The molecule has 0 saturated carbocycles. The summed E-state index contributed by atoms with van der Waals surface area (Å²) in [4.78, 5) is 16.0. The third-order valence-electron chi connectivity index (χ3n) is 3.41. The number of aromatic nitrogens is 1. The number of hydrogen-bond acceptors (Lipinski definition) is 4. The van der Waals surface area contributed by atoms with Crippen molar-refractivity contribution in [1.82, 2.24) is 4.98 Å². The average Bonchev–Trinajstić information content (AvgIpc) is 3.01. The molecule has 0 aliphatic rings. The van der Waals surface area contributed by atoms with Crippen LogP contribution >= 0.6 is 0 Å². The standard InChI is InChI=1S/C17H16N2O3/c1-21-14-6-2-12(3-7-14)4-9-17(20)19-13-5-8-15-16(10-13)22-11-18-15/h2-3,5-8,10-11H,4,9H2,1H3,(H,19,20). The van der Waals surface area contributed by atoms with Crippen LogP contribution in [-0.2, 0) is 11.2 Å². The first-order valence-electron chi connectivity index (χ1n) is 7.00. The van der Waals surface area contributed by atoms with E-state index >= 15 is 0 Å². The maximum Gasteiger partial charge on any atom is 0.224 e. The topological polar surface area (TPSA) is 64.4 Å². The van der Waals surface area contributed by atoms with E-state index in [0.717, 1.165) is 16.8 Å². The van der Waals surface area contributed by atoms with Crippen molar-refractivity contribution in [1.29, 1.82) is 0 Å². The van der Waals surface area contributed by atoms with Gasteiger partial charge in [0.15, 0.2) is 12.0 Å². The Morgan fingerprint density at radius 3 is 2.82 bits per heavy atom. The van der Waals surface area contributed by atoms with Crippen LogP contribution in [-0.4, -0.2) is 18.0 Å². The molecule has 0 saturated heterocycles. The van der Waals surface area contributed by atoms with Gasteiger partial charge in [-0.2, -0.15) is 0 Å². The Labute approximate surface area is 127 Å². The van der Waals surface area contributed by atoms with E-state index in [9.17, 15) is 4.79 Å². The summed E-state index contributed by atoms with van der Waals surface area (Å²) in [5, 5.41) is 2.87. The fourth-order valence-corrected chi connectivity index (χ4v) is 2.21. The zero-order valence-electron chi connectivity index (χ0n) is 12.2. The van der Waals surface area contributed by atoms with E-state index in [0.29, 0.717) is 24.1 Å². The molecule has 1 heterocycles. The number of anilines is 1. The molecule has 0 atom stereocenters. The predicted molar refractivity (Wildman–Crippen MR) is 84.0 cm³/mol. The Balaban J connectivity index is 1.57. The summed E-state index contributed by atoms with van der Waals surface area (Å²) in [7, 11) is 1.63. The molecule has 1 N–H and O–H groups in total. The molecule has 0 aliphatic carbocycles. The maximum absolute atomic E-state index is 12.0. The van der Waals surface area contributed by atoms with Crippen LogP contribution in [0.15, 0.2) is 53.3 Å². The lowest BCUT2D eigenvalue weighted by Gasteiger charge is -2.06. The number of nitrogens with one attached hydrogen (secondary N) is 1. The van der Waals surface area contributed by atoms with Crippen LogP contribution < -0.4 is 10.1 Å². The summed E-state index contributed by atoms with van der Waals surface area (Å²) in [6, 6.07) is 13.1. The minimum absolute atomic E-state index is 0.0327. The van der Waals surface area contributed by atoms with Crippen molar-refractivity contribution in [3.63, 3.8) is 0 Å². The van der Waals surface area contributed by atoms with E-state index in [2.05, 4.69) is 10.3 Å². The summed E-state index contributed by atoms with van der Waals surface area (Å²) in [6.07, 6.45) is 2.49. The highest BCUT2D eigenvalue weighted by Gasteiger charge is 2.06. The Bertz CT molecular complexity index is 778. The number of aryl methyl sites for hydroxylation is 1. The smallest absolute Gasteiger partial charge is 0.224 e. The molecule has 0 fully saturated rings. The van der Waals surface area contributed by atoms with E-state index in [4.69, 9.17) is 9.15 Å². The number of amides is 1. The van der Waals surface area contributed by atoms with Gasteiger partial charge in [0.1, 0.15) is 11.3 Å². The van der Waals surface area contributed by atoms with Gasteiger partial charge in [-0.1, -0.05) is 12.1 Å². The third kappa shape index (κ3) is 3.25. The molecule has 0 bridgehead atoms. The van der Waals surface area contributed by atoms with E-state index in [1.165, 1.54) is 6.39 Å². The normalized spacial score (nSPS) is 10.6. The number of hydrogen-bond donors (Lipinski definition) is 1. The van der Waals surface area contributed by atoms with Gasteiger partial charge in [-0.15, -0.1) is 0 Å². The number of carbonyl (C=O) groups is 1. The summed E-state index contributed by atoms with van der Waals surface area (Å²) >= 11 is 0. The van der Waals surface area contributed by atoms with Gasteiger partial charge in [-0.25, -0.2) is 4.98 Å². The number of rotatable bonds is 5. The fraction of sp³-hybridized carbons (Fsp3) is 0.176. The van der Waals surface area contributed by atoms with Crippen LogP contribution in [0.3, 0.4) is 0 Å². The second-order valence-electron chi connectivity index (χ2n) is 4.93. The summed E-state index contributed by atoms with van der Waals surface area (Å²) in [5.74, 6) is 0.781. The number of oxazole rings is 1.